The Labute approximate surface area is 159 Å². The number of nitrogens with one attached hydrogen (secondary N) is 1. The minimum atomic E-state index is -0.0531. The van der Waals surface area contributed by atoms with Gasteiger partial charge in [-0.25, -0.2) is 4.98 Å². The molecule has 0 saturated carbocycles. The van der Waals surface area contributed by atoms with Crippen molar-refractivity contribution in [3.63, 3.8) is 0 Å². The van der Waals surface area contributed by atoms with E-state index in [1.54, 1.807) is 0 Å². The molecule has 2 aromatic rings. The summed E-state index contributed by atoms with van der Waals surface area (Å²) in [5.41, 5.74) is 1.74. The van der Waals surface area contributed by atoms with E-state index in [-0.39, 0.29) is 5.91 Å². The van der Waals surface area contributed by atoms with Gasteiger partial charge >= 0.3 is 0 Å². The van der Waals surface area contributed by atoms with Crippen molar-refractivity contribution in [1.82, 2.24) is 15.2 Å². The Morgan fingerprint density at radius 3 is 2.36 bits per heavy atom. The van der Waals surface area contributed by atoms with E-state index >= 15 is 0 Å². The molecular weight excluding hydrogens is 354 g/mol. The van der Waals surface area contributed by atoms with E-state index in [4.69, 9.17) is 11.6 Å². The molecule has 0 atom stereocenters. The van der Waals surface area contributed by atoms with Gasteiger partial charge in [0.05, 0.1) is 5.69 Å². The normalized spacial score (nSPS) is 11.6. The zero-order chi connectivity index (χ0) is 18.6. The van der Waals surface area contributed by atoms with Gasteiger partial charge in [-0.05, 0) is 46.8 Å². The van der Waals surface area contributed by atoms with Crippen molar-refractivity contribution in [3.05, 3.63) is 39.9 Å². The number of aryl methyl sites for hydroxylation is 1. The molecule has 0 aliphatic rings. The lowest BCUT2D eigenvalue weighted by atomic mass is 10.2. The molecule has 4 nitrogen and oxygen atoms in total. The van der Waals surface area contributed by atoms with Crippen molar-refractivity contribution in [2.24, 2.45) is 0 Å². The lowest BCUT2D eigenvalue weighted by Gasteiger charge is -2.30. The van der Waals surface area contributed by atoms with Crippen LogP contribution in [-0.2, 0) is 0 Å². The fourth-order valence-electron chi connectivity index (χ4n) is 2.81. The Bertz CT molecular complexity index is 702. The third kappa shape index (κ3) is 5.27. The van der Waals surface area contributed by atoms with Crippen LogP contribution in [0.5, 0.6) is 0 Å². The largest absolute Gasteiger partial charge is 0.350 e. The second kappa shape index (κ2) is 8.79. The average molecular weight is 380 g/mol. The number of carbonyl (C=O) groups excluding carboxylic acids is 1. The van der Waals surface area contributed by atoms with Gasteiger partial charge in [0.25, 0.3) is 5.91 Å². The third-order valence-electron chi connectivity index (χ3n) is 4.08. The minimum absolute atomic E-state index is 0.0531. The zero-order valence-corrected chi connectivity index (χ0v) is 17.0. The van der Waals surface area contributed by atoms with Crippen LogP contribution in [0.15, 0.2) is 24.3 Å². The van der Waals surface area contributed by atoms with Crippen LogP contribution in [0.2, 0.25) is 5.02 Å². The number of hydrogen-bond donors (Lipinski definition) is 1. The van der Waals surface area contributed by atoms with Crippen LogP contribution in [0, 0.1) is 6.92 Å². The van der Waals surface area contributed by atoms with E-state index in [1.807, 2.05) is 31.2 Å². The van der Waals surface area contributed by atoms with Crippen molar-refractivity contribution in [2.45, 2.75) is 46.7 Å². The molecule has 0 aliphatic heterocycles. The smallest absolute Gasteiger partial charge is 0.263 e. The van der Waals surface area contributed by atoms with Gasteiger partial charge in [-0.1, -0.05) is 23.7 Å². The van der Waals surface area contributed by atoms with Gasteiger partial charge in [0.1, 0.15) is 9.88 Å². The molecule has 0 spiro atoms. The van der Waals surface area contributed by atoms with Crippen LogP contribution < -0.4 is 5.32 Å². The molecule has 0 saturated heterocycles. The molecule has 1 N–H and O–H groups in total. The summed E-state index contributed by atoms with van der Waals surface area (Å²) in [6.45, 7) is 12.0. The van der Waals surface area contributed by atoms with Crippen molar-refractivity contribution in [2.75, 3.05) is 13.1 Å². The maximum absolute atomic E-state index is 12.5. The summed E-state index contributed by atoms with van der Waals surface area (Å²) < 4.78 is 0. The number of rotatable bonds is 7. The van der Waals surface area contributed by atoms with Crippen molar-refractivity contribution >= 4 is 28.8 Å². The van der Waals surface area contributed by atoms with Gasteiger partial charge in [-0.3, -0.25) is 9.69 Å². The summed E-state index contributed by atoms with van der Waals surface area (Å²) in [5.74, 6) is -0.0531. The summed E-state index contributed by atoms with van der Waals surface area (Å²) in [7, 11) is 0. The lowest BCUT2D eigenvalue weighted by molar-refractivity contribution is 0.0942. The molecule has 0 unspecified atom stereocenters. The molecule has 6 heteroatoms. The van der Waals surface area contributed by atoms with Crippen molar-refractivity contribution in [3.8, 4) is 10.6 Å². The van der Waals surface area contributed by atoms with Crippen molar-refractivity contribution < 1.29 is 4.79 Å². The van der Waals surface area contributed by atoms with Crippen molar-refractivity contribution in [1.29, 1.82) is 0 Å². The molecule has 25 heavy (non-hydrogen) atoms. The van der Waals surface area contributed by atoms with Crippen LogP contribution in [0.1, 0.15) is 43.1 Å². The summed E-state index contributed by atoms with van der Waals surface area (Å²) in [6, 6.07) is 8.42. The standard InChI is InChI=1S/C19H26ClN3OS/c1-12(2)23(13(3)4)11-10-21-18(24)17-14(5)22-19(25-17)15-6-8-16(20)9-7-15/h6-9,12-13H,10-11H2,1-5H3,(H,21,24). The number of thiazole rings is 1. The Hall–Kier alpha value is -1.43. The summed E-state index contributed by atoms with van der Waals surface area (Å²) in [4.78, 5) is 20.1. The Kier molecular flexibility index (Phi) is 6.99. The van der Waals surface area contributed by atoms with Gasteiger partial charge in [0.15, 0.2) is 0 Å². The van der Waals surface area contributed by atoms with Crippen LogP contribution in [0.3, 0.4) is 0 Å². The van der Waals surface area contributed by atoms with Crippen LogP contribution >= 0.6 is 22.9 Å². The molecular formula is C19H26ClN3OS. The van der Waals surface area contributed by atoms with Gasteiger partial charge in [0, 0.05) is 35.8 Å². The molecule has 0 radical (unpaired) electrons. The number of hydrogen-bond acceptors (Lipinski definition) is 4. The monoisotopic (exact) mass is 379 g/mol. The second-order valence-corrected chi connectivity index (χ2v) is 8.06. The number of benzene rings is 1. The number of amides is 1. The number of aromatic nitrogens is 1. The van der Waals surface area contributed by atoms with Gasteiger partial charge in [0.2, 0.25) is 0 Å². The predicted octanol–water partition coefficient (Wildman–Crippen LogP) is 4.62. The topological polar surface area (TPSA) is 45.2 Å². The summed E-state index contributed by atoms with van der Waals surface area (Å²) >= 11 is 7.35. The Morgan fingerprint density at radius 1 is 1.20 bits per heavy atom. The molecule has 0 fully saturated rings. The van der Waals surface area contributed by atoms with E-state index < -0.39 is 0 Å². The highest BCUT2D eigenvalue weighted by Crippen LogP contribution is 2.28. The lowest BCUT2D eigenvalue weighted by Crippen LogP contribution is -2.42. The maximum Gasteiger partial charge on any atom is 0.263 e. The highest BCUT2D eigenvalue weighted by atomic mass is 35.5. The molecule has 1 amide bonds. The molecule has 1 aromatic carbocycles. The second-order valence-electron chi connectivity index (χ2n) is 6.62. The van der Waals surface area contributed by atoms with Gasteiger partial charge in [-0.2, -0.15) is 0 Å². The zero-order valence-electron chi connectivity index (χ0n) is 15.5. The number of nitrogens with zero attached hydrogens (tertiary/aromatic N) is 2. The molecule has 0 aliphatic carbocycles. The highest BCUT2D eigenvalue weighted by molar-refractivity contribution is 7.17. The Morgan fingerprint density at radius 2 is 1.80 bits per heavy atom. The molecule has 136 valence electrons. The fourth-order valence-corrected chi connectivity index (χ4v) is 3.93. The molecule has 2 rings (SSSR count). The first kappa shape index (κ1) is 19.9. The first-order chi connectivity index (χ1) is 11.8. The van der Waals surface area contributed by atoms with E-state index in [0.29, 0.717) is 28.5 Å². The molecule has 1 heterocycles. The van der Waals surface area contributed by atoms with E-state index in [1.165, 1.54) is 11.3 Å². The first-order valence-electron chi connectivity index (χ1n) is 8.57. The molecule has 1 aromatic heterocycles. The average Bonchev–Trinajstić information content (AvgIpc) is 2.93. The van der Waals surface area contributed by atoms with E-state index in [9.17, 15) is 4.79 Å². The SMILES string of the molecule is Cc1nc(-c2ccc(Cl)cc2)sc1C(=O)NCCN(C(C)C)C(C)C. The predicted molar refractivity (Wildman–Crippen MR) is 107 cm³/mol. The van der Waals surface area contributed by atoms with Crippen LogP contribution in [0.25, 0.3) is 10.6 Å². The fraction of sp³-hybridized carbons (Fsp3) is 0.474. The van der Waals surface area contributed by atoms with E-state index in [2.05, 4.69) is 42.9 Å². The van der Waals surface area contributed by atoms with Crippen LogP contribution in [-0.4, -0.2) is 41.0 Å². The minimum Gasteiger partial charge on any atom is -0.350 e. The van der Waals surface area contributed by atoms with Gasteiger partial charge in [-0.15, -0.1) is 11.3 Å². The number of halogens is 1. The third-order valence-corrected chi connectivity index (χ3v) is 5.53. The highest BCUT2D eigenvalue weighted by Gasteiger charge is 2.17. The maximum atomic E-state index is 12.5. The summed E-state index contributed by atoms with van der Waals surface area (Å²) in [6.07, 6.45) is 0. The molecule has 0 bridgehead atoms. The van der Waals surface area contributed by atoms with Gasteiger partial charge < -0.3 is 5.32 Å². The van der Waals surface area contributed by atoms with Crippen LogP contribution in [0.4, 0.5) is 0 Å². The summed E-state index contributed by atoms with van der Waals surface area (Å²) in [5, 5.41) is 4.55. The van der Waals surface area contributed by atoms with E-state index in [0.717, 1.165) is 22.8 Å². The Balaban J connectivity index is 2.01. The first-order valence-corrected chi connectivity index (χ1v) is 9.76. The quantitative estimate of drug-likeness (QED) is 0.763. The number of carbonyl (C=O) groups is 1.